The Morgan fingerprint density at radius 2 is 2.19 bits per heavy atom. The summed E-state index contributed by atoms with van der Waals surface area (Å²) in [4.78, 5) is 0. The van der Waals surface area contributed by atoms with Crippen molar-refractivity contribution in [2.24, 2.45) is 5.92 Å². The molecule has 1 aliphatic rings. The molecule has 0 spiro atoms. The van der Waals surface area contributed by atoms with E-state index in [1.54, 1.807) is 0 Å². The highest BCUT2D eigenvalue weighted by molar-refractivity contribution is 6.30. The van der Waals surface area contributed by atoms with E-state index < -0.39 is 0 Å². The number of ether oxygens (including phenoxy) is 1. The number of hydrogen-bond acceptors (Lipinski definition) is 2. The summed E-state index contributed by atoms with van der Waals surface area (Å²) in [7, 11) is 1.93. The molecule has 0 aliphatic heterocycles. The third-order valence-electron chi connectivity index (χ3n) is 3.02. The zero-order valence-electron chi connectivity index (χ0n) is 9.63. The SMILES string of the molecule is CNCc1cc(Cl)cc(OCC2CCC2)c1. The van der Waals surface area contributed by atoms with Crippen LogP contribution >= 0.6 is 11.6 Å². The van der Waals surface area contributed by atoms with Crippen LogP contribution in [0.15, 0.2) is 18.2 Å². The van der Waals surface area contributed by atoms with Crippen molar-refractivity contribution in [1.82, 2.24) is 5.32 Å². The van der Waals surface area contributed by atoms with Crippen molar-refractivity contribution in [3.05, 3.63) is 28.8 Å². The first-order valence-corrected chi connectivity index (χ1v) is 6.22. The van der Waals surface area contributed by atoms with Gasteiger partial charge in [-0.3, -0.25) is 0 Å². The van der Waals surface area contributed by atoms with E-state index in [4.69, 9.17) is 16.3 Å². The second kappa shape index (κ2) is 5.55. The van der Waals surface area contributed by atoms with E-state index in [-0.39, 0.29) is 0 Å². The molecule has 2 nitrogen and oxygen atoms in total. The molecule has 16 heavy (non-hydrogen) atoms. The van der Waals surface area contributed by atoms with E-state index in [1.807, 2.05) is 19.2 Å². The minimum Gasteiger partial charge on any atom is -0.493 e. The molecule has 1 N–H and O–H groups in total. The van der Waals surface area contributed by atoms with Crippen molar-refractivity contribution in [3.8, 4) is 5.75 Å². The summed E-state index contributed by atoms with van der Waals surface area (Å²) >= 11 is 6.04. The smallest absolute Gasteiger partial charge is 0.121 e. The Hall–Kier alpha value is -0.730. The maximum atomic E-state index is 6.04. The Labute approximate surface area is 102 Å². The molecule has 0 radical (unpaired) electrons. The Kier molecular flexibility index (Phi) is 4.08. The topological polar surface area (TPSA) is 21.3 Å². The first-order valence-electron chi connectivity index (χ1n) is 5.85. The fourth-order valence-electron chi connectivity index (χ4n) is 1.88. The van der Waals surface area contributed by atoms with E-state index in [1.165, 1.54) is 24.8 Å². The second-order valence-electron chi connectivity index (χ2n) is 4.43. The predicted molar refractivity (Wildman–Crippen MR) is 67.1 cm³/mol. The molecule has 88 valence electrons. The number of nitrogens with one attached hydrogen (secondary N) is 1. The summed E-state index contributed by atoms with van der Waals surface area (Å²) in [5.41, 5.74) is 1.17. The van der Waals surface area contributed by atoms with Gasteiger partial charge >= 0.3 is 0 Å². The van der Waals surface area contributed by atoms with Gasteiger partial charge in [0.1, 0.15) is 5.75 Å². The molecule has 0 aromatic heterocycles. The van der Waals surface area contributed by atoms with Gasteiger partial charge in [0, 0.05) is 11.6 Å². The average molecular weight is 240 g/mol. The number of halogens is 1. The van der Waals surface area contributed by atoms with Gasteiger partial charge in [0.25, 0.3) is 0 Å². The number of benzene rings is 1. The van der Waals surface area contributed by atoms with Crippen molar-refractivity contribution in [1.29, 1.82) is 0 Å². The molecule has 2 rings (SSSR count). The molecule has 0 heterocycles. The van der Waals surface area contributed by atoms with Crippen molar-refractivity contribution in [3.63, 3.8) is 0 Å². The van der Waals surface area contributed by atoms with Crippen LogP contribution in [0.25, 0.3) is 0 Å². The minimum absolute atomic E-state index is 0.747. The van der Waals surface area contributed by atoms with Gasteiger partial charge in [0.2, 0.25) is 0 Å². The number of hydrogen-bond donors (Lipinski definition) is 1. The summed E-state index contributed by atoms with van der Waals surface area (Å²) in [5.74, 6) is 1.65. The molecule has 3 heteroatoms. The van der Waals surface area contributed by atoms with Gasteiger partial charge in [-0.2, -0.15) is 0 Å². The summed E-state index contributed by atoms with van der Waals surface area (Å²) in [5, 5.41) is 3.86. The van der Waals surface area contributed by atoms with Crippen LogP contribution in [0.4, 0.5) is 0 Å². The molecule has 0 saturated heterocycles. The zero-order chi connectivity index (χ0) is 11.4. The average Bonchev–Trinajstić information content (AvgIpc) is 2.14. The Morgan fingerprint density at radius 3 is 2.81 bits per heavy atom. The third-order valence-corrected chi connectivity index (χ3v) is 3.24. The van der Waals surface area contributed by atoms with Crippen LogP contribution in [0, 0.1) is 5.92 Å². The van der Waals surface area contributed by atoms with Crippen LogP contribution in [0.2, 0.25) is 5.02 Å². The maximum absolute atomic E-state index is 6.04. The van der Waals surface area contributed by atoms with Crippen LogP contribution in [-0.2, 0) is 6.54 Å². The molecule has 1 saturated carbocycles. The normalized spacial score (nSPS) is 15.9. The van der Waals surface area contributed by atoms with Gasteiger partial charge in [-0.05, 0) is 49.6 Å². The maximum Gasteiger partial charge on any atom is 0.121 e. The van der Waals surface area contributed by atoms with Gasteiger partial charge in [-0.25, -0.2) is 0 Å². The van der Waals surface area contributed by atoms with Crippen LogP contribution in [-0.4, -0.2) is 13.7 Å². The largest absolute Gasteiger partial charge is 0.493 e. The molecule has 1 aromatic carbocycles. The zero-order valence-corrected chi connectivity index (χ0v) is 10.4. The highest BCUT2D eigenvalue weighted by atomic mass is 35.5. The van der Waals surface area contributed by atoms with Crippen molar-refractivity contribution in [2.45, 2.75) is 25.8 Å². The van der Waals surface area contributed by atoms with E-state index in [9.17, 15) is 0 Å². The van der Waals surface area contributed by atoms with Gasteiger partial charge in [0.05, 0.1) is 6.61 Å². The van der Waals surface area contributed by atoms with E-state index in [0.29, 0.717) is 0 Å². The summed E-state index contributed by atoms with van der Waals surface area (Å²) < 4.78 is 5.77. The lowest BCUT2D eigenvalue weighted by atomic mass is 9.86. The van der Waals surface area contributed by atoms with Crippen LogP contribution < -0.4 is 10.1 Å². The monoisotopic (exact) mass is 239 g/mol. The van der Waals surface area contributed by atoms with Crippen LogP contribution in [0.3, 0.4) is 0 Å². The summed E-state index contributed by atoms with van der Waals surface area (Å²) in [6.07, 6.45) is 3.97. The fraction of sp³-hybridized carbons (Fsp3) is 0.538. The van der Waals surface area contributed by atoms with E-state index >= 15 is 0 Å². The molecular formula is C13H18ClNO. The van der Waals surface area contributed by atoms with Crippen LogP contribution in [0.5, 0.6) is 5.75 Å². The lowest BCUT2D eigenvalue weighted by molar-refractivity contribution is 0.180. The van der Waals surface area contributed by atoms with E-state index in [2.05, 4.69) is 11.4 Å². The first-order chi connectivity index (χ1) is 7.78. The van der Waals surface area contributed by atoms with Gasteiger partial charge < -0.3 is 10.1 Å². The predicted octanol–water partition coefficient (Wildman–Crippen LogP) is 3.24. The highest BCUT2D eigenvalue weighted by Gasteiger charge is 2.17. The molecule has 0 unspecified atom stereocenters. The van der Waals surface area contributed by atoms with Crippen molar-refractivity contribution in [2.75, 3.05) is 13.7 Å². The second-order valence-corrected chi connectivity index (χ2v) is 4.87. The molecule has 0 amide bonds. The van der Waals surface area contributed by atoms with Crippen LogP contribution in [0.1, 0.15) is 24.8 Å². The molecule has 1 fully saturated rings. The van der Waals surface area contributed by atoms with Gasteiger partial charge in [-0.1, -0.05) is 18.0 Å². The lowest BCUT2D eigenvalue weighted by Crippen LogP contribution is -2.19. The van der Waals surface area contributed by atoms with Gasteiger partial charge in [-0.15, -0.1) is 0 Å². The summed E-state index contributed by atoms with van der Waals surface area (Å²) in [6, 6.07) is 5.91. The fourth-order valence-corrected chi connectivity index (χ4v) is 2.13. The quantitative estimate of drug-likeness (QED) is 0.852. The Morgan fingerprint density at radius 1 is 1.38 bits per heavy atom. The Bertz CT molecular complexity index is 350. The Balaban J connectivity index is 1.95. The molecular weight excluding hydrogens is 222 g/mol. The van der Waals surface area contributed by atoms with Gasteiger partial charge in [0.15, 0.2) is 0 Å². The molecule has 0 atom stereocenters. The third kappa shape index (κ3) is 3.13. The first kappa shape index (κ1) is 11.7. The minimum atomic E-state index is 0.747. The molecule has 1 aromatic rings. The lowest BCUT2D eigenvalue weighted by Gasteiger charge is -2.25. The number of rotatable bonds is 5. The molecule has 1 aliphatic carbocycles. The summed E-state index contributed by atoms with van der Waals surface area (Å²) in [6.45, 7) is 1.65. The van der Waals surface area contributed by atoms with Crippen molar-refractivity contribution < 1.29 is 4.74 Å². The van der Waals surface area contributed by atoms with E-state index in [0.717, 1.165) is 29.8 Å². The molecule has 0 bridgehead atoms. The standard InChI is InChI=1S/C13H18ClNO/c1-15-8-11-5-12(14)7-13(6-11)16-9-10-3-2-4-10/h5-7,10,15H,2-4,8-9H2,1H3. The highest BCUT2D eigenvalue weighted by Crippen LogP contribution is 2.28. The van der Waals surface area contributed by atoms with Crippen molar-refractivity contribution >= 4 is 11.6 Å².